The molecule has 6 nitrogen and oxygen atoms in total. The van der Waals surface area contributed by atoms with Gasteiger partial charge in [-0.05, 0) is 75.9 Å². The molecule has 5 rings (SSSR count). The minimum absolute atomic E-state index is 0.204. The normalized spacial score (nSPS) is 11.9. The van der Waals surface area contributed by atoms with Crippen LogP contribution < -0.4 is 0 Å². The van der Waals surface area contributed by atoms with E-state index in [1.807, 2.05) is 54.0 Å². The fourth-order valence-electron chi connectivity index (χ4n) is 5.25. The molecule has 42 heavy (non-hydrogen) atoms. The van der Waals surface area contributed by atoms with E-state index in [1.54, 1.807) is 32.9 Å². The molecular formula is C33H35F3N4O2. The van der Waals surface area contributed by atoms with Crippen LogP contribution in [0.15, 0.2) is 60.7 Å². The number of aromatic amines is 1. The molecule has 0 saturated heterocycles. The smallest absolute Gasteiger partial charge is 0.410 e. The van der Waals surface area contributed by atoms with Gasteiger partial charge in [0.05, 0.1) is 24.1 Å². The van der Waals surface area contributed by atoms with E-state index in [-0.39, 0.29) is 31.9 Å². The molecule has 2 heterocycles. The number of nitrogens with one attached hydrogen (secondary N) is 1. The number of hydrogen-bond donors (Lipinski definition) is 1. The third-order valence-corrected chi connectivity index (χ3v) is 7.32. The first kappa shape index (κ1) is 29.2. The standard InChI is InChI=1S/C33H35F3N4O2/c1-21-8-5-6-9-24(21)29-19-25-28(13-12-27-30(25)31(36)38-37-27)40(29)20-23-11-10-22(18-26(23)35)14-17-39(16-7-15-34)32(41)42-33(2,3)4/h5-6,8-13,18-19H,7,14-17,20H2,1-4H3,(H,37,38). The summed E-state index contributed by atoms with van der Waals surface area (Å²) in [5, 5.41) is 7.57. The topological polar surface area (TPSA) is 63.2 Å². The maximum atomic E-state index is 15.6. The van der Waals surface area contributed by atoms with Crippen LogP contribution in [0.2, 0.25) is 0 Å². The maximum Gasteiger partial charge on any atom is 0.410 e. The number of fused-ring (bicyclic) bond motifs is 3. The van der Waals surface area contributed by atoms with Gasteiger partial charge in [-0.15, -0.1) is 5.10 Å². The molecule has 0 aliphatic heterocycles. The molecule has 9 heteroatoms. The molecule has 0 unspecified atom stereocenters. The lowest BCUT2D eigenvalue weighted by Crippen LogP contribution is -2.38. The monoisotopic (exact) mass is 576 g/mol. The second-order valence-corrected chi connectivity index (χ2v) is 11.6. The van der Waals surface area contributed by atoms with Gasteiger partial charge in [-0.2, -0.15) is 4.39 Å². The molecule has 0 bridgehead atoms. The Morgan fingerprint density at radius 1 is 1.05 bits per heavy atom. The number of alkyl halides is 1. The number of halogens is 3. The van der Waals surface area contributed by atoms with Gasteiger partial charge in [0.2, 0.25) is 5.95 Å². The molecule has 2 aromatic heterocycles. The summed E-state index contributed by atoms with van der Waals surface area (Å²) in [5.41, 5.74) is 4.74. The molecule has 3 aromatic carbocycles. The Balaban J connectivity index is 1.44. The summed E-state index contributed by atoms with van der Waals surface area (Å²) in [7, 11) is 0. The number of aromatic nitrogens is 3. The third-order valence-electron chi connectivity index (χ3n) is 7.32. The minimum atomic E-state index is -0.673. The zero-order valence-corrected chi connectivity index (χ0v) is 24.3. The second kappa shape index (κ2) is 11.9. The lowest BCUT2D eigenvalue weighted by atomic mass is 10.0. The van der Waals surface area contributed by atoms with Crippen LogP contribution in [0, 0.1) is 18.7 Å². The molecule has 0 saturated carbocycles. The highest BCUT2D eigenvalue weighted by atomic mass is 19.1. The number of nitrogens with zero attached hydrogens (tertiary/aromatic N) is 3. The van der Waals surface area contributed by atoms with Gasteiger partial charge in [-0.1, -0.05) is 36.4 Å². The maximum absolute atomic E-state index is 15.6. The SMILES string of the molecule is Cc1ccccc1-c1cc2c3c(F)n[nH]c3ccc2n1Cc1ccc(CCN(CCCF)C(=O)OC(C)(C)C)cc1F. The van der Waals surface area contributed by atoms with Crippen LogP contribution in [0.25, 0.3) is 33.1 Å². The number of benzene rings is 3. The van der Waals surface area contributed by atoms with Crippen LogP contribution >= 0.6 is 0 Å². The Kier molecular flexibility index (Phi) is 8.29. The number of carbonyl (C=O) groups excluding carboxylic acids is 1. The Bertz CT molecular complexity index is 1740. The zero-order chi connectivity index (χ0) is 30.0. The lowest BCUT2D eigenvalue weighted by Gasteiger charge is -2.27. The number of carbonyl (C=O) groups is 1. The van der Waals surface area contributed by atoms with Crippen molar-refractivity contribution in [1.29, 1.82) is 0 Å². The predicted octanol–water partition coefficient (Wildman–Crippen LogP) is 7.96. The van der Waals surface area contributed by atoms with Gasteiger partial charge in [0.25, 0.3) is 0 Å². The largest absolute Gasteiger partial charge is 0.444 e. The summed E-state index contributed by atoms with van der Waals surface area (Å²) in [4.78, 5) is 14.1. The number of ether oxygens (including phenoxy) is 1. The van der Waals surface area contributed by atoms with Gasteiger partial charge in [-0.3, -0.25) is 9.49 Å². The zero-order valence-electron chi connectivity index (χ0n) is 24.3. The molecular weight excluding hydrogens is 541 g/mol. The van der Waals surface area contributed by atoms with E-state index in [2.05, 4.69) is 10.2 Å². The number of aryl methyl sites for hydroxylation is 1. The highest BCUT2D eigenvalue weighted by molar-refractivity contribution is 6.07. The van der Waals surface area contributed by atoms with E-state index in [4.69, 9.17) is 4.74 Å². The van der Waals surface area contributed by atoms with Crippen molar-refractivity contribution in [3.05, 3.63) is 89.1 Å². The molecule has 0 radical (unpaired) electrons. The van der Waals surface area contributed by atoms with Crippen LogP contribution in [-0.4, -0.2) is 51.1 Å². The fourth-order valence-corrected chi connectivity index (χ4v) is 5.25. The average molecular weight is 577 g/mol. The second-order valence-electron chi connectivity index (χ2n) is 11.6. The molecule has 220 valence electrons. The van der Waals surface area contributed by atoms with E-state index in [0.29, 0.717) is 33.8 Å². The quantitative estimate of drug-likeness (QED) is 0.194. The summed E-state index contributed by atoms with van der Waals surface area (Å²) < 4.78 is 50.6. The van der Waals surface area contributed by atoms with Gasteiger partial charge in [0.1, 0.15) is 11.4 Å². The van der Waals surface area contributed by atoms with Crippen molar-refractivity contribution in [2.24, 2.45) is 0 Å². The van der Waals surface area contributed by atoms with Crippen molar-refractivity contribution >= 4 is 27.9 Å². The van der Waals surface area contributed by atoms with Gasteiger partial charge < -0.3 is 14.2 Å². The predicted molar refractivity (Wildman–Crippen MR) is 159 cm³/mol. The van der Waals surface area contributed by atoms with Gasteiger partial charge in [-0.25, -0.2) is 9.18 Å². The molecule has 0 aliphatic carbocycles. The van der Waals surface area contributed by atoms with Crippen LogP contribution in [0.4, 0.5) is 18.0 Å². The first-order valence-corrected chi connectivity index (χ1v) is 14.1. The molecule has 0 atom stereocenters. The summed E-state index contributed by atoms with van der Waals surface area (Å²) >= 11 is 0. The number of amides is 1. The number of rotatable bonds is 9. The highest BCUT2D eigenvalue weighted by Gasteiger charge is 2.22. The van der Waals surface area contributed by atoms with Crippen molar-refractivity contribution < 1.29 is 22.7 Å². The first-order valence-electron chi connectivity index (χ1n) is 14.1. The van der Waals surface area contributed by atoms with Crippen LogP contribution in [0.1, 0.15) is 43.9 Å². The molecule has 0 aliphatic rings. The van der Waals surface area contributed by atoms with Crippen molar-refractivity contribution in [3.8, 4) is 11.3 Å². The van der Waals surface area contributed by atoms with Gasteiger partial charge >= 0.3 is 6.09 Å². The van der Waals surface area contributed by atoms with E-state index < -0.39 is 24.3 Å². The number of hydrogen-bond acceptors (Lipinski definition) is 3. The van der Waals surface area contributed by atoms with E-state index >= 15 is 4.39 Å². The van der Waals surface area contributed by atoms with Gasteiger partial charge in [0.15, 0.2) is 0 Å². The van der Waals surface area contributed by atoms with Crippen LogP contribution in [0.3, 0.4) is 0 Å². The van der Waals surface area contributed by atoms with E-state index in [0.717, 1.165) is 22.3 Å². The van der Waals surface area contributed by atoms with E-state index in [9.17, 15) is 13.6 Å². The summed E-state index contributed by atoms with van der Waals surface area (Å²) in [6, 6.07) is 18.6. The summed E-state index contributed by atoms with van der Waals surface area (Å²) in [5.74, 6) is -0.959. The molecule has 0 fully saturated rings. The molecule has 5 aromatic rings. The number of H-pyrrole nitrogens is 1. The molecule has 1 N–H and O–H groups in total. The van der Waals surface area contributed by atoms with Crippen LogP contribution in [-0.2, 0) is 17.7 Å². The Morgan fingerprint density at radius 2 is 1.83 bits per heavy atom. The van der Waals surface area contributed by atoms with Crippen molar-refractivity contribution in [2.45, 2.75) is 52.7 Å². The van der Waals surface area contributed by atoms with Crippen molar-refractivity contribution in [1.82, 2.24) is 19.7 Å². The van der Waals surface area contributed by atoms with Gasteiger partial charge in [0, 0.05) is 40.8 Å². The molecule has 0 spiro atoms. The fraction of sp³-hybridized carbons (Fsp3) is 0.333. The Hall–Kier alpha value is -4.27. The lowest BCUT2D eigenvalue weighted by molar-refractivity contribution is 0.0247. The van der Waals surface area contributed by atoms with Crippen LogP contribution in [0.5, 0.6) is 0 Å². The van der Waals surface area contributed by atoms with E-state index in [1.165, 1.54) is 11.0 Å². The summed E-state index contributed by atoms with van der Waals surface area (Å²) in [6.45, 7) is 7.52. The Labute approximate surface area is 243 Å². The average Bonchev–Trinajstić information content (AvgIpc) is 3.49. The minimum Gasteiger partial charge on any atom is -0.444 e. The highest BCUT2D eigenvalue weighted by Crippen LogP contribution is 2.35. The summed E-state index contributed by atoms with van der Waals surface area (Å²) in [6.07, 6.45) is 0.0798. The molecule has 1 amide bonds. The van der Waals surface area contributed by atoms with Crippen molar-refractivity contribution in [3.63, 3.8) is 0 Å². The van der Waals surface area contributed by atoms with Crippen molar-refractivity contribution in [2.75, 3.05) is 19.8 Å². The Morgan fingerprint density at radius 3 is 2.55 bits per heavy atom. The third kappa shape index (κ3) is 6.15. The first-order chi connectivity index (χ1) is 20.1.